The Morgan fingerprint density at radius 1 is 1.00 bits per heavy atom. The Labute approximate surface area is 249 Å². The molecule has 6 atom stereocenters. The van der Waals surface area contributed by atoms with Gasteiger partial charge in [0, 0.05) is 24.7 Å². The fraction of sp³-hybridized carbons (Fsp3) is 0.727. The van der Waals surface area contributed by atoms with Crippen molar-refractivity contribution >= 4 is 17.6 Å². The number of carboxylic acid groups (broad SMARTS) is 1. The van der Waals surface area contributed by atoms with E-state index in [4.69, 9.17) is 35.3 Å². The Balaban J connectivity index is 1.11. The van der Waals surface area contributed by atoms with Crippen molar-refractivity contribution in [3.63, 3.8) is 0 Å². The van der Waals surface area contributed by atoms with Crippen LogP contribution in [0, 0.1) is 11.8 Å². The lowest BCUT2D eigenvalue weighted by atomic mass is 9.85. The molecule has 5 rings (SSSR count). The molecule has 0 spiro atoms. The minimum Gasteiger partial charge on any atom is -0.477 e. The molecule has 3 heterocycles. The van der Waals surface area contributed by atoms with Crippen molar-refractivity contribution in [2.75, 3.05) is 13.2 Å². The Kier molecular flexibility index (Phi) is 11.2. The number of benzene rings is 1. The maximum atomic E-state index is 12.7. The first kappa shape index (κ1) is 31.0. The predicted molar refractivity (Wildman–Crippen MR) is 157 cm³/mol. The number of halogens is 1. The summed E-state index contributed by atoms with van der Waals surface area (Å²) in [6.07, 6.45) is 12.7. The minimum absolute atomic E-state index is 0.0114. The van der Waals surface area contributed by atoms with Gasteiger partial charge in [-0.25, -0.2) is 4.79 Å². The molecule has 3 saturated heterocycles. The maximum Gasteiger partial charge on any atom is 0.364 e. The molecule has 0 bridgehead atoms. The normalized spacial score (nSPS) is 31.6. The minimum atomic E-state index is -1.80. The van der Waals surface area contributed by atoms with Gasteiger partial charge in [-0.05, 0) is 113 Å². The van der Waals surface area contributed by atoms with Gasteiger partial charge in [0.25, 0.3) is 5.79 Å². The van der Waals surface area contributed by atoms with Crippen LogP contribution in [-0.4, -0.2) is 54.9 Å². The van der Waals surface area contributed by atoms with Gasteiger partial charge in [0.1, 0.15) is 0 Å². The molecule has 228 valence electrons. The van der Waals surface area contributed by atoms with E-state index in [-0.39, 0.29) is 18.6 Å². The Morgan fingerprint density at radius 2 is 1.73 bits per heavy atom. The van der Waals surface area contributed by atoms with E-state index in [1.54, 1.807) is 0 Å². The topological polar surface area (TPSA) is 86.8 Å². The summed E-state index contributed by atoms with van der Waals surface area (Å²) < 4.78 is 29.8. The number of allylic oxidation sites excluding steroid dienone is 1. The van der Waals surface area contributed by atoms with Crippen LogP contribution in [0.4, 0.5) is 0 Å². The van der Waals surface area contributed by atoms with Crippen molar-refractivity contribution in [1.29, 1.82) is 0 Å². The van der Waals surface area contributed by atoms with Crippen molar-refractivity contribution in [3.05, 3.63) is 47.0 Å². The van der Waals surface area contributed by atoms with Gasteiger partial charge in [-0.3, -0.25) is 0 Å². The summed E-state index contributed by atoms with van der Waals surface area (Å²) in [6, 6.07) is 8.15. The quantitative estimate of drug-likeness (QED) is 0.0983. The van der Waals surface area contributed by atoms with Crippen LogP contribution in [0.5, 0.6) is 0 Å². The summed E-state index contributed by atoms with van der Waals surface area (Å²) in [5, 5.41) is 11.2. The van der Waals surface area contributed by atoms with Crippen molar-refractivity contribution in [3.8, 4) is 0 Å². The summed E-state index contributed by atoms with van der Waals surface area (Å²) in [5.74, 6) is -1.81. The van der Waals surface area contributed by atoms with E-state index in [2.05, 4.69) is 18.7 Å². The van der Waals surface area contributed by atoms with Gasteiger partial charge in [0.15, 0.2) is 12.6 Å². The maximum absolute atomic E-state index is 12.7. The monoisotopic (exact) mass is 590 g/mol. The van der Waals surface area contributed by atoms with Gasteiger partial charge < -0.3 is 28.8 Å². The molecular weight excluding hydrogens is 544 g/mol. The lowest BCUT2D eigenvalue weighted by molar-refractivity contribution is -0.352. The number of rotatable bonds is 15. The van der Waals surface area contributed by atoms with E-state index >= 15 is 0 Å². The zero-order chi connectivity index (χ0) is 28.7. The zero-order valence-corrected chi connectivity index (χ0v) is 25.0. The second-order valence-corrected chi connectivity index (χ2v) is 12.7. The molecule has 3 unspecified atom stereocenters. The van der Waals surface area contributed by atoms with Crippen LogP contribution < -0.4 is 0 Å². The molecule has 1 aromatic rings. The number of hydrogen-bond acceptors (Lipinski definition) is 6. The van der Waals surface area contributed by atoms with E-state index in [0.29, 0.717) is 44.3 Å². The molecular formula is C33H47ClO7. The summed E-state index contributed by atoms with van der Waals surface area (Å²) in [5.41, 5.74) is 2.64. The number of aryl methyl sites for hydroxylation is 1. The zero-order valence-electron chi connectivity index (χ0n) is 24.3. The molecule has 1 N–H and O–H groups in total. The summed E-state index contributed by atoms with van der Waals surface area (Å²) in [6.45, 7) is 5.54. The predicted octanol–water partition coefficient (Wildman–Crippen LogP) is 7.44. The number of aliphatic carboxylic acids is 1. The van der Waals surface area contributed by atoms with Gasteiger partial charge in [0.2, 0.25) is 0 Å². The Bertz CT molecular complexity index is 983. The molecule has 8 heteroatoms. The third-order valence-electron chi connectivity index (χ3n) is 9.29. The fourth-order valence-electron chi connectivity index (χ4n) is 6.83. The lowest BCUT2D eigenvalue weighted by Gasteiger charge is -2.37. The molecule has 1 saturated carbocycles. The average Bonchev–Trinajstić information content (AvgIpc) is 3.64. The van der Waals surface area contributed by atoms with Crippen LogP contribution in [0.15, 0.2) is 36.4 Å². The van der Waals surface area contributed by atoms with Crippen LogP contribution >= 0.6 is 11.6 Å². The van der Waals surface area contributed by atoms with Crippen molar-refractivity contribution < 1.29 is 33.6 Å². The first-order valence-corrected chi connectivity index (χ1v) is 16.2. The van der Waals surface area contributed by atoms with Crippen LogP contribution in [0.2, 0.25) is 5.02 Å². The smallest absolute Gasteiger partial charge is 0.364 e. The van der Waals surface area contributed by atoms with Gasteiger partial charge in [-0.15, -0.1) is 0 Å². The first-order valence-electron chi connectivity index (χ1n) is 15.8. The molecule has 3 aliphatic heterocycles. The van der Waals surface area contributed by atoms with Crippen molar-refractivity contribution in [2.45, 2.75) is 127 Å². The molecule has 7 nitrogen and oxygen atoms in total. The number of epoxide rings is 1. The molecule has 0 amide bonds. The molecule has 4 fully saturated rings. The van der Waals surface area contributed by atoms with Gasteiger partial charge in [0.05, 0.1) is 12.2 Å². The van der Waals surface area contributed by atoms with Crippen molar-refractivity contribution in [1.82, 2.24) is 0 Å². The highest BCUT2D eigenvalue weighted by Crippen LogP contribution is 2.46. The highest BCUT2D eigenvalue weighted by atomic mass is 35.5. The molecule has 4 aliphatic rings. The molecule has 1 aromatic carbocycles. The van der Waals surface area contributed by atoms with Crippen LogP contribution in [-0.2, 0) is 34.9 Å². The number of hydrogen-bond donors (Lipinski definition) is 1. The Morgan fingerprint density at radius 3 is 2.37 bits per heavy atom. The van der Waals surface area contributed by atoms with Gasteiger partial charge in [-0.1, -0.05) is 42.3 Å². The number of unbranched alkanes of at least 4 members (excludes halogenated alkanes) is 1. The summed E-state index contributed by atoms with van der Waals surface area (Å²) in [4.78, 5) is 12.7. The number of carbonyl (C=O) groups is 1. The van der Waals surface area contributed by atoms with E-state index in [1.807, 2.05) is 12.1 Å². The highest BCUT2D eigenvalue weighted by Gasteiger charge is 2.50. The summed E-state index contributed by atoms with van der Waals surface area (Å²) >= 11 is 6.14. The highest BCUT2D eigenvalue weighted by molar-refractivity contribution is 6.30. The van der Waals surface area contributed by atoms with E-state index in [9.17, 15) is 9.90 Å². The third kappa shape index (κ3) is 8.77. The van der Waals surface area contributed by atoms with Crippen LogP contribution in [0.1, 0.15) is 95.5 Å². The van der Waals surface area contributed by atoms with E-state index in [1.165, 1.54) is 30.4 Å². The van der Waals surface area contributed by atoms with Crippen LogP contribution in [0.25, 0.3) is 0 Å². The first-order chi connectivity index (χ1) is 19.9. The number of carboxylic acids is 1. The second-order valence-electron chi connectivity index (χ2n) is 12.3. The molecule has 1 aliphatic carbocycles. The van der Waals surface area contributed by atoms with Gasteiger partial charge >= 0.3 is 5.97 Å². The fourth-order valence-corrected chi connectivity index (χ4v) is 7.05. The summed E-state index contributed by atoms with van der Waals surface area (Å²) in [7, 11) is 0. The SMILES string of the molecule is C=C1CC[C@H](CCCCc2cccc(Cl)c2)[C@H]1C[C@H]1OC1CCC(OC1CCCCO1)(OC1CCCCO1)C(=O)O. The molecule has 0 radical (unpaired) electrons. The Hall–Kier alpha value is -1.48. The average molecular weight is 591 g/mol. The van der Waals surface area contributed by atoms with Crippen molar-refractivity contribution in [2.24, 2.45) is 11.8 Å². The second kappa shape index (κ2) is 14.8. The molecule has 0 aromatic heterocycles. The molecule has 41 heavy (non-hydrogen) atoms. The van der Waals surface area contributed by atoms with E-state index < -0.39 is 24.3 Å². The van der Waals surface area contributed by atoms with Crippen LogP contribution in [0.3, 0.4) is 0 Å². The third-order valence-corrected chi connectivity index (χ3v) is 9.52. The van der Waals surface area contributed by atoms with Gasteiger partial charge in [-0.2, -0.15) is 0 Å². The lowest BCUT2D eigenvalue weighted by Crippen LogP contribution is -2.51. The number of ether oxygens (including phenoxy) is 5. The standard InChI is InChI=1S/C33H47ClO7/c1-23-15-16-25(11-3-2-9-24-10-8-12-26(34)21-24)27(23)22-29-28(39-29)17-18-33(32(35)36,40-30-13-4-6-19-37-30)41-31-14-5-7-20-38-31/h8,10,12,21,25,27-31H,1-7,9,11,13-20,22H2,(H,35,36)/t25-,27-,28?,29+,30?,31?,33?/m0/s1. The van der Waals surface area contributed by atoms with E-state index in [0.717, 1.165) is 56.4 Å². The largest absolute Gasteiger partial charge is 0.477 e.